The average Bonchev–Trinajstić information content (AvgIpc) is 3.16. The monoisotopic (exact) mass is 330 g/mol. The summed E-state index contributed by atoms with van der Waals surface area (Å²) >= 11 is 0. The SMILES string of the molecule is Cc1cccc(N2CC(C(=O)N3CCC[C@H]3C(=O)O)CC2=O)c1C. The highest BCUT2D eigenvalue weighted by Gasteiger charge is 2.42. The van der Waals surface area contributed by atoms with Crippen molar-refractivity contribution < 1.29 is 19.5 Å². The summed E-state index contributed by atoms with van der Waals surface area (Å²) in [7, 11) is 0. The quantitative estimate of drug-likeness (QED) is 0.915. The van der Waals surface area contributed by atoms with Gasteiger partial charge in [0.2, 0.25) is 11.8 Å². The Kier molecular flexibility index (Phi) is 4.30. The van der Waals surface area contributed by atoms with E-state index < -0.39 is 17.9 Å². The van der Waals surface area contributed by atoms with Crippen LogP contribution in [-0.2, 0) is 14.4 Å². The number of hydrogen-bond donors (Lipinski definition) is 1. The third-order valence-electron chi connectivity index (χ3n) is 5.16. The first-order valence-electron chi connectivity index (χ1n) is 8.30. The summed E-state index contributed by atoms with van der Waals surface area (Å²) in [6.07, 6.45) is 1.33. The van der Waals surface area contributed by atoms with Gasteiger partial charge in [-0.3, -0.25) is 9.59 Å². The van der Waals surface area contributed by atoms with Gasteiger partial charge in [0.05, 0.1) is 5.92 Å². The number of hydrogen-bond acceptors (Lipinski definition) is 3. The lowest BCUT2D eigenvalue weighted by atomic mass is 10.1. The second kappa shape index (κ2) is 6.26. The van der Waals surface area contributed by atoms with Crippen LogP contribution in [0.4, 0.5) is 5.69 Å². The third kappa shape index (κ3) is 2.77. The number of anilines is 1. The summed E-state index contributed by atoms with van der Waals surface area (Å²) in [6.45, 7) is 4.74. The molecule has 0 spiro atoms. The van der Waals surface area contributed by atoms with Gasteiger partial charge in [-0.05, 0) is 43.9 Å². The summed E-state index contributed by atoms with van der Waals surface area (Å²) in [6, 6.07) is 5.04. The Balaban J connectivity index is 1.78. The molecule has 2 fully saturated rings. The number of carbonyl (C=O) groups excluding carboxylic acids is 2. The van der Waals surface area contributed by atoms with Gasteiger partial charge in [-0.25, -0.2) is 4.79 Å². The molecule has 1 N–H and O–H groups in total. The fourth-order valence-electron chi connectivity index (χ4n) is 3.66. The molecule has 6 nitrogen and oxygen atoms in total. The second-order valence-electron chi connectivity index (χ2n) is 6.65. The molecule has 3 rings (SSSR count). The van der Waals surface area contributed by atoms with Crippen molar-refractivity contribution in [2.75, 3.05) is 18.0 Å². The van der Waals surface area contributed by atoms with E-state index in [9.17, 15) is 19.5 Å². The Morgan fingerprint density at radius 3 is 2.71 bits per heavy atom. The van der Waals surface area contributed by atoms with Crippen molar-refractivity contribution in [3.63, 3.8) is 0 Å². The minimum Gasteiger partial charge on any atom is -0.480 e. The summed E-state index contributed by atoms with van der Waals surface area (Å²) in [5.41, 5.74) is 2.97. The molecule has 0 radical (unpaired) electrons. The average molecular weight is 330 g/mol. The van der Waals surface area contributed by atoms with Crippen LogP contribution in [0.25, 0.3) is 0 Å². The number of amides is 2. The zero-order chi connectivity index (χ0) is 17.4. The number of likely N-dealkylation sites (tertiary alicyclic amines) is 1. The molecule has 128 valence electrons. The molecular formula is C18H22N2O4. The van der Waals surface area contributed by atoms with Gasteiger partial charge in [-0.15, -0.1) is 0 Å². The zero-order valence-electron chi connectivity index (χ0n) is 14.0. The van der Waals surface area contributed by atoms with Crippen molar-refractivity contribution in [2.24, 2.45) is 5.92 Å². The highest BCUT2D eigenvalue weighted by Crippen LogP contribution is 2.31. The van der Waals surface area contributed by atoms with Crippen LogP contribution >= 0.6 is 0 Å². The first-order valence-corrected chi connectivity index (χ1v) is 8.30. The van der Waals surface area contributed by atoms with Crippen LogP contribution in [-0.4, -0.2) is 46.9 Å². The van der Waals surface area contributed by atoms with Gasteiger partial charge in [0.1, 0.15) is 6.04 Å². The predicted octanol–water partition coefficient (Wildman–Crippen LogP) is 1.73. The van der Waals surface area contributed by atoms with Crippen molar-refractivity contribution in [3.8, 4) is 0 Å². The molecule has 24 heavy (non-hydrogen) atoms. The second-order valence-corrected chi connectivity index (χ2v) is 6.65. The highest BCUT2D eigenvalue weighted by atomic mass is 16.4. The van der Waals surface area contributed by atoms with Crippen molar-refractivity contribution in [1.82, 2.24) is 4.90 Å². The Labute approximate surface area is 141 Å². The molecule has 1 aromatic carbocycles. The number of carboxylic acids is 1. The van der Waals surface area contributed by atoms with E-state index in [1.165, 1.54) is 4.90 Å². The molecule has 2 amide bonds. The molecule has 0 saturated carbocycles. The molecule has 0 aliphatic carbocycles. The summed E-state index contributed by atoms with van der Waals surface area (Å²) in [5.74, 6) is -1.71. The maximum atomic E-state index is 12.7. The number of aryl methyl sites for hydroxylation is 1. The van der Waals surface area contributed by atoms with Gasteiger partial charge in [0, 0.05) is 25.2 Å². The molecule has 0 bridgehead atoms. The normalized spacial score (nSPS) is 23.8. The zero-order valence-corrected chi connectivity index (χ0v) is 14.0. The van der Waals surface area contributed by atoms with Crippen LogP contribution in [0.15, 0.2) is 18.2 Å². The molecule has 1 aromatic rings. The number of rotatable bonds is 3. The molecular weight excluding hydrogens is 308 g/mol. The van der Waals surface area contributed by atoms with Gasteiger partial charge in [0.25, 0.3) is 0 Å². The topological polar surface area (TPSA) is 77.9 Å². The smallest absolute Gasteiger partial charge is 0.326 e. The van der Waals surface area contributed by atoms with E-state index in [-0.39, 0.29) is 18.2 Å². The molecule has 2 atom stereocenters. The van der Waals surface area contributed by atoms with Gasteiger partial charge in [0.15, 0.2) is 0 Å². The number of benzene rings is 1. The van der Waals surface area contributed by atoms with E-state index in [1.54, 1.807) is 4.90 Å². The highest BCUT2D eigenvalue weighted by molar-refractivity contribution is 6.01. The predicted molar refractivity (Wildman–Crippen MR) is 88.7 cm³/mol. The number of carbonyl (C=O) groups is 3. The molecule has 2 heterocycles. The Hall–Kier alpha value is -2.37. The van der Waals surface area contributed by atoms with Gasteiger partial charge >= 0.3 is 5.97 Å². The van der Waals surface area contributed by atoms with Crippen molar-refractivity contribution in [1.29, 1.82) is 0 Å². The molecule has 1 unspecified atom stereocenters. The van der Waals surface area contributed by atoms with Gasteiger partial charge < -0.3 is 14.9 Å². The van der Waals surface area contributed by atoms with E-state index in [0.29, 0.717) is 25.9 Å². The van der Waals surface area contributed by atoms with Crippen LogP contribution in [0.3, 0.4) is 0 Å². The molecule has 6 heteroatoms. The largest absolute Gasteiger partial charge is 0.480 e. The molecule has 2 aliphatic rings. The van der Waals surface area contributed by atoms with Crippen LogP contribution in [0.5, 0.6) is 0 Å². The fraction of sp³-hybridized carbons (Fsp3) is 0.500. The Bertz CT molecular complexity index is 700. The van der Waals surface area contributed by atoms with Crippen LogP contribution in [0.2, 0.25) is 0 Å². The number of aliphatic carboxylic acids is 1. The maximum absolute atomic E-state index is 12.7. The van der Waals surface area contributed by atoms with E-state index in [2.05, 4.69) is 0 Å². The molecule has 2 saturated heterocycles. The van der Waals surface area contributed by atoms with Crippen LogP contribution < -0.4 is 4.90 Å². The van der Waals surface area contributed by atoms with E-state index >= 15 is 0 Å². The lowest BCUT2D eigenvalue weighted by Crippen LogP contribution is -2.44. The first-order chi connectivity index (χ1) is 11.4. The van der Waals surface area contributed by atoms with Crippen molar-refractivity contribution >= 4 is 23.5 Å². The summed E-state index contributed by atoms with van der Waals surface area (Å²) in [4.78, 5) is 39.5. The van der Waals surface area contributed by atoms with Crippen molar-refractivity contribution in [2.45, 2.75) is 39.2 Å². The Morgan fingerprint density at radius 1 is 1.25 bits per heavy atom. The summed E-state index contributed by atoms with van der Waals surface area (Å²) in [5, 5.41) is 9.25. The minimum atomic E-state index is -0.962. The maximum Gasteiger partial charge on any atom is 0.326 e. The fourth-order valence-corrected chi connectivity index (χ4v) is 3.66. The Morgan fingerprint density at radius 2 is 2.00 bits per heavy atom. The van der Waals surface area contributed by atoms with Crippen LogP contribution in [0.1, 0.15) is 30.4 Å². The third-order valence-corrected chi connectivity index (χ3v) is 5.16. The molecule has 0 aromatic heterocycles. The van der Waals surface area contributed by atoms with Gasteiger partial charge in [-0.2, -0.15) is 0 Å². The summed E-state index contributed by atoms with van der Waals surface area (Å²) < 4.78 is 0. The number of nitrogens with zero attached hydrogens (tertiary/aromatic N) is 2. The standard InChI is InChI=1S/C18H22N2O4/c1-11-5-3-6-14(12(11)2)20-10-13(9-16(20)21)17(22)19-8-4-7-15(19)18(23)24/h3,5-6,13,15H,4,7-10H2,1-2H3,(H,23,24)/t13?,15-/m0/s1. The van der Waals surface area contributed by atoms with Gasteiger partial charge in [-0.1, -0.05) is 12.1 Å². The molecule has 2 aliphatic heterocycles. The van der Waals surface area contributed by atoms with Crippen LogP contribution in [0, 0.1) is 19.8 Å². The number of carboxylic acid groups (broad SMARTS) is 1. The first kappa shape index (κ1) is 16.5. The van der Waals surface area contributed by atoms with E-state index in [0.717, 1.165) is 16.8 Å². The lowest BCUT2D eigenvalue weighted by molar-refractivity contribution is -0.149. The van der Waals surface area contributed by atoms with Crippen molar-refractivity contribution in [3.05, 3.63) is 29.3 Å². The lowest BCUT2D eigenvalue weighted by Gasteiger charge is -2.25. The van der Waals surface area contributed by atoms with E-state index in [1.807, 2.05) is 32.0 Å². The van der Waals surface area contributed by atoms with E-state index in [4.69, 9.17) is 0 Å². The minimum absolute atomic E-state index is 0.0758.